The van der Waals surface area contributed by atoms with E-state index in [1.807, 2.05) is 13.8 Å². The summed E-state index contributed by atoms with van der Waals surface area (Å²) in [6, 6.07) is 0.763. The van der Waals surface area contributed by atoms with Gasteiger partial charge in [-0.25, -0.2) is 0 Å². The first-order valence-corrected chi connectivity index (χ1v) is 4.55. The summed E-state index contributed by atoms with van der Waals surface area (Å²) in [4.78, 5) is 2.28. The summed E-state index contributed by atoms with van der Waals surface area (Å²) >= 11 is 0. The van der Waals surface area contributed by atoms with Crippen molar-refractivity contribution in [1.29, 1.82) is 0 Å². The lowest BCUT2D eigenvalue weighted by Crippen LogP contribution is -2.33. The van der Waals surface area contributed by atoms with Crippen LogP contribution in [0.5, 0.6) is 0 Å². The minimum Gasteiger partial charge on any atom is -0.381 e. The summed E-state index contributed by atoms with van der Waals surface area (Å²) in [7, 11) is 4.27. The Kier molecular flexibility index (Phi) is 6.57. The average molecular weight is 159 g/mol. The zero-order valence-electron chi connectivity index (χ0n) is 8.26. The van der Waals surface area contributed by atoms with Crippen molar-refractivity contribution in [2.45, 2.75) is 32.7 Å². The number of hydrogen-bond acceptors (Lipinski definition) is 2. The summed E-state index contributed by atoms with van der Waals surface area (Å²) in [6.45, 7) is 5.89. The highest BCUT2D eigenvalue weighted by Gasteiger charge is 2.14. The predicted molar refractivity (Wildman–Crippen MR) is 48.9 cm³/mol. The number of nitrogens with zero attached hydrogens (tertiary/aromatic N) is 1. The van der Waals surface area contributed by atoms with Crippen molar-refractivity contribution in [1.82, 2.24) is 4.90 Å². The Morgan fingerprint density at radius 1 is 1.09 bits per heavy atom. The molecule has 1 fully saturated rings. The van der Waals surface area contributed by atoms with Crippen LogP contribution in [0.2, 0.25) is 0 Å². The van der Waals surface area contributed by atoms with Crippen LogP contribution in [0.25, 0.3) is 0 Å². The summed E-state index contributed by atoms with van der Waals surface area (Å²) in [5, 5.41) is 0. The molecule has 0 atom stereocenters. The number of rotatable bonds is 1. The van der Waals surface area contributed by atoms with Crippen molar-refractivity contribution in [2.24, 2.45) is 0 Å². The lowest BCUT2D eigenvalue weighted by atomic mass is 10.1. The maximum Gasteiger partial charge on any atom is 0.0480 e. The Morgan fingerprint density at radius 2 is 1.55 bits per heavy atom. The third-order valence-corrected chi connectivity index (χ3v) is 1.92. The van der Waals surface area contributed by atoms with Crippen LogP contribution in [0.3, 0.4) is 0 Å². The van der Waals surface area contributed by atoms with E-state index in [0.29, 0.717) is 0 Å². The van der Waals surface area contributed by atoms with Crippen molar-refractivity contribution >= 4 is 0 Å². The van der Waals surface area contributed by atoms with E-state index < -0.39 is 0 Å². The van der Waals surface area contributed by atoms with Gasteiger partial charge in [-0.1, -0.05) is 13.8 Å². The Balaban J connectivity index is 0.000000461. The minimum absolute atomic E-state index is 0.763. The zero-order valence-corrected chi connectivity index (χ0v) is 8.26. The maximum absolute atomic E-state index is 5.22. The lowest BCUT2D eigenvalue weighted by molar-refractivity contribution is 0.0506. The molecule has 11 heavy (non-hydrogen) atoms. The first kappa shape index (κ1) is 10.9. The fourth-order valence-corrected chi connectivity index (χ4v) is 1.20. The van der Waals surface area contributed by atoms with Crippen molar-refractivity contribution < 1.29 is 4.74 Å². The molecule has 0 saturated carbocycles. The molecule has 0 N–H and O–H groups in total. The molecular weight excluding hydrogens is 138 g/mol. The quantitative estimate of drug-likeness (QED) is 0.578. The second kappa shape index (κ2) is 6.62. The lowest BCUT2D eigenvalue weighted by Gasteiger charge is -2.27. The molecule has 0 bridgehead atoms. The van der Waals surface area contributed by atoms with E-state index >= 15 is 0 Å². The number of ether oxygens (including phenoxy) is 1. The molecule has 0 amide bonds. The van der Waals surface area contributed by atoms with Crippen molar-refractivity contribution in [3.05, 3.63) is 0 Å². The van der Waals surface area contributed by atoms with Crippen molar-refractivity contribution in [2.75, 3.05) is 27.3 Å². The molecule has 0 radical (unpaired) electrons. The van der Waals surface area contributed by atoms with Crippen LogP contribution in [0.15, 0.2) is 0 Å². The molecule has 0 unspecified atom stereocenters. The Morgan fingerprint density at radius 3 is 1.82 bits per heavy atom. The molecule has 0 aromatic carbocycles. The van der Waals surface area contributed by atoms with Gasteiger partial charge in [-0.2, -0.15) is 0 Å². The smallest absolute Gasteiger partial charge is 0.0480 e. The molecule has 1 rings (SSSR count). The molecule has 0 spiro atoms. The van der Waals surface area contributed by atoms with Gasteiger partial charge < -0.3 is 9.64 Å². The first-order valence-electron chi connectivity index (χ1n) is 4.55. The minimum atomic E-state index is 0.763. The molecule has 1 heterocycles. The Hall–Kier alpha value is -0.0800. The van der Waals surface area contributed by atoms with Gasteiger partial charge in [0.05, 0.1) is 0 Å². The van der Waals surface area contributed by atoms with Crippen LogP contribution in [-0.2, 0) is 4.74 Å². The van der Waals surface area contributed by atoms with Crippen LogP contribution >= 0.6 is 0 Å². The van der Waals surface area contributed by atoms with Gasteiger partial charge in [-0.15, -0.1) is 0 Å². The van der Waals surface area contributed by atoms with Crippen LogP contribution in [0, 0.1) is 0 Å². The predicted octanol–water partition coefficient (Wildman–Crippen LogP) is 1.75. The molecule has 1 aliphatic rings. The van der Waals surface area contributed by atoms with Gasteiger partial charge in [-0.05, 0) is 26.9 Å². The fourth-order valence-electron chi connectivity index (χ4n) is 1.20. The first-order chi connectivity index (χ1) is 5.30. The molecule has 2 nitrogen and oxygen atoms in total. The second-order valence-electron chi connectivity index (χ2n) is 2.81. The Labute approximate surface area is 70.5 Å². The normalized spacial score (nSPS) is 19.4. The van der Waals surface area contributed by atoms with Gasteiger partial charge in [0.15, 0.2) is 0 Å². The van der Waals surface area contributed by atoms with E-state index in [-0.39, 0.29) is 0 Å². The van der Waals surface area contributed by atoms with Crippen LogP contribution in [0.1, 0.15) is 26.7 Å². The summed E-state index contributed by atoms with van der Waals surface area (Å²) in [6.07, 6.45) is 2.40. The van der Waals surface area contributed by atoms with Crippen LogP contribution in [-0.4, -0.2) is 38.3 Å². The highest BCUT2D eigenvalue weighted by molar-refractivity contribution is 4.68. The van der Waals surface area contributed by atoms with E-state index in [1.165, 1.54) is 12.8 Å². The summed E-state index contributed by atoms with van der Waals surface area (Å²) in [5.74, 6) is 0. The standard InChI is InChI=1S/C7H15NO.C2H6/c1-8(2)7-3-5-9-6-4-7;1-2/h7H,3-6H2,1-2H3;1-2H3. The highest BCUT2D eigenvalue weighted by Crippen LogP contribution is 2.10. The molecule has 1 aliphatic heterocycles. The van der Waals surface area contributed by atoms with Crippen LogP contribution < -0.4 is 0 Å². The van der Waals surface area contributed by atoms with Gasteiger partial charge >= 0.3 is 0 Å². The molecule has 0 aliphatic carbocycles. The summed E-state index contributed by atoms with van der Waals surface area (Å²) in [5.41, 5.74) is 0. The van der Waals surface area contributed by atoms with E-state index in [9.17, 15) is 0 Å². The molecular formula is C9H21NO. The molecule has 2 heteroatoms. The third-order valence-electron chi connectivity index (χ3n) is 1.92. The zero-order chi connectivity index (χ0) is 8.69. The molecule has 0 aromatic heterocycles. The van der Waals surface area contributed by atoms with E-state index in [4.69, 9.17) is 4.74 Å². The largest absolute Gasteiger partial charge is 0.381 e. The average Bonchev–Trinajstić information content (AvgIpc) is 2.10. The monoisotopic (exact) mass is 159 g/mol. The molecule has 68 valence electrons. The van der Waals surface area contributed by atoms with Crippen molar-refractivity contribution in [3.8, 4) is 0 Å². The van der Waals surface area contributed by atoms with Crippen LogP contribution in [0.4, 0.5) is 0 Å². The van der Waals surface area contributed by atoms with E-state index in [1.54, 1.807) is 0 Å². The van der Waals surface area contributed by atoms with Gasteiger partial charge in [0.25, 0.3) is 0 Å². The van der Waals surface area contributed by atoms with Gasteiger partial charge in [0.1, 0.15) is 0 Å². The van der Waals surface area contributed by atoms with Gasteiger partial charge in [-0.3, -0.25) is 0 Å². The van der Waals surface area contributed by atoms with Gasteiger partial charge in [0, 0.05) is 19.3 Å². The molecule has 1 saturated heterocycles. The topological polar surface area (TPSA) is 12.5 Å². The Bertz CT molecular complexity index is 77.6. The fraction of sp³-hybridized carbons (Fsp3) is 1.00. The van der Waals surface area contributed by atoms with E-state index in [2.05, 4.69) is 19.0 Å². The van der Waals surface area contributed by atoms with Crippen molar-refractivity contribution in [3.63, 3.8) is 0 Å². The number of hydrogen-bond donors (Lipinski definition) is 0. The molecule has 0 aromatic rings. The third kappa shape index (κ3) is 4.38. The maximum atomic E-state index is 5.22. The highest BCUT2D eigenvalue weighted by atomic mass is 16.5. The second-order valence-corrected chi connectivity index (χ2v) is 2.81. The van der Waals surface area contributed by atoms with E-state index in [0.717, 1.165) is 19.3 Å². The van der Waals surface area contributed by atoms with Gasteiger partial charge in [0.2, 0.25) is 0 Å². The SMILES string of the molecule is CC.CN(C)C1CCOCC1. The summed E-state index contributed by atoms with van der Waals surface area (Å²) < 4.78 is 5.22.